The molecule has 0 saturated heterocycles. The van der Waals surface area contributed by atoms with E-state index in [2.05, 4.69) is 15.5 Å². The third kappa shape index (κ3) is 4.27. The van der Waals surface area contributed by atoms with Crippen molar-refractivity contribution in [2.45, 2.75) is 6.18 Å². The Labute approximate surface area is 147 Å². The van der Waals surface area contributed by atoms with Crippen molar-refractivity contribution >= 4 is 33.9 Å². The Balaban J connectivity index is 2.21. The van der Waals surface area contributed by atoms with Gasteiger partial charge in [-0.15, -0.1) is 10.2 Å². The molecule has 0 aliphatic carbocycles. The molecule has 140 valence electrons. The molecule has 1 aromatic heterocycles. The van der Waals surface area contributed by atoms with Crippen LogP contribution in [0.25, 0.3) is 0 Å². The topological polar surface area (TPSA) is 129 Å². The lowest BCUT2D eigenvalue weighted by atomic mass is 10.2. The van der Waals surface area contributed by atoms with Crippen LogP contribution in [0.5, 0.6) is 11.5 Å². The van der Waals surface area contributed by atoms with Gasteiger partial charge < -0.3 is 14.8 Å². The second-order valence-corrected chi connectivity index (χ2v) is 5.45. The van der Waals surface area contributed by atoms with Crippen molar-refractivity contribution in [1.82, 2.24) is 10.2 Å². The van der Waals surface area contributed by atoms with Crippen LogP contribution in [-0.4, -0.2) is 35.4 Å². The Morgan fingerprint density at radius 2 is 1.85 bits per heavy atom. The number of amides is 2. The maximum atomic E-state index is 12.5. The van der Waals surface area contributed by atoms with Gasteiger partial charge >= 0.3 is 17.9 Å². The summed E-state index contributed by atoms with van der Waals surface area (Å²) in [5.74, 6) is -0.0624. The lowest BCUT2D eigenvalue weighted by molar-refractivity contribution is -0.385. The predicted molar refractivity (Wildman–Crippen MR) is 83.8 cm³/mol. The van der Waals surface area contributed by atoms with Crippen LogP contribution in [0.1, 0.15) is 5.01 Å². The summed E-state index contributed by atoms with van der Waals surface area (Å²) in [6.45, 7) is 0. The van der Waals surface area contributed by atoms with E-state index in [0.29, 0.717) is 0 Å². The van der Waals surface area contributed by atoms with Crippen LogP contribution >= 0.6 is 11.3 Å². The Morgan fingerprint density at radius 3 is 2.35 bits per heavy atom. The molecular formula is C12H10F3N5O5S. The van der Waals surface area contributed by atoms with Gasteiger partial charge in [0.2, 0.25) is 15.9 Å². The van der Waals surface area contributed by atoms with E-state index in [0.717, 1.165) is 6.07 Å². The van der Waals surface area contributed by atoms with Gasteiger partial charge in [-0.3, -0.25) is 15.4 Å². The molecule has 2 N–H and O–H groups in total. The highest BCUT2D eigenvalue weighted by Crippen LogP contribution is 2.38. The van der Waals surface area contributed by atoms with Crippen molar-refractivity contribution in [3.8, 4) is 11.5 Å². The molecule has 14 heteroatoms. The number of hydrogen-bond acceptors (Lipinski definition) is 8. The van der Waals surface area contributed by atoms with Gasteiger partial charge in [0, 0.05) is 12.1 Å². The second kappa shape index (κ2) is 7.38. The third-order valence-corrected chi connectivity index (χ3v) is 3.72. The van der Waals surface area contributed by atoms with Crippen LogP contribution in [0.2, 0.25) is 0 Å². The number of hydrogen-bond donors (Lipinski definition) is 2. The number of benzene rings is 1. The van der Waals surface area contributed by atoms with Crippen molar-refractivity contribution < 1.29 is 32.4 Å². The average molecular weight is 393 g/mol. The summed E-state index contributed by atoms with van der Waals surface area (Å²) in [6.07, 6.45) is -4.69. The third-order valence-electron chi connectivity index (χ3n) is 2.83. The average Bonchev–Trinajstić information content (AvgIpc) is 3.02. The van der Waals surface area contributed by atoms with Crippen molar-refractivity contribution in [3.05, 3.63) is 27.3 Å². The molecule has 0 radical (unpaired) electrons. The fraction of sp³-hybridized carbons (Fsp3) is 0.250. The molecule has 0 fully saturated rings. The van der Waals surface area contributed by atoms with Gasteiger partial charge in [0.15, 0.2) is 0 Å². The van der Waals surface area contributed by atoms with Gasteiger partial charge in [-0.2, -0.15) is 13.2 Å². The number of aromatic nitrogens is 2. The minimum atomic E-state index is -4.69. The van der Waals surface area contributed by atoms with E-state index in [-0.39, 0.29) is 28.5 Å². The Kier molecular flexibility index (Phi) is 5.44. The van der Waals surface area contributed by atoms with E-state index in [1.165, 1.54) is 20.3 Å². The number of methoxy groups -OCH3 is 2. The minimum Gasteiger partial charge on any atom is -0.494 e. The number of nitro benzene ring substituents is 1. The molecule has 2 aromatic rings. The summed E-state index contributed by atoms with van der Waals surface area (Å²) in [6, 6.07) is 1.17. The molecule has 0 bridgehead atoms. The number of nitro groups is 1. The zero-order valence-corrected chi connectivity index (χ0v) is 13.9. The molecule has 2 rings (SSSR count). The lowest BCUT2D eigenvalue weighted by Crippen LogP contribution is -2.20. The highest BCUT2D eigenvalue weighted by Gasteiger charge is 2.35. The highest BCUT2D eigenvalue weighted by molar-refractivity contribution is 7.15. The smallest absolute Gasteiger partial charge is 0.445 e. The normalized spacial score (nSPS) is 11.0. The number of rotatable bonds is 5. The summed E-state index contributed by atoms with van der Waals surface area (Å²) in [5, 5.41) is 19.8. The predicted octanol–water partition coefficient (Wildman–Crippen LogP) is 3.13. The SMILES string of the molecule is COc1cc(OC)c([N+](=O)[O-])cc1NC(=O)Nc1nnc(C(F)(F)F)s1. The Morgan fingerprint density at radius 1 is 1.19 bits per heavy atom. The molecule has 0 saturated carbocycles. The lowest BCUT2D eigenvalue weighted by Gasteiger charge is -2.12. The first-order chi connectivity index (χ1) is 12.2. The second-order valence-electron chi connectivity index (χ2n) is 4.47. The fourth-order valence-corrected chi connectivity index (χ4v) is 2.37. The van der Waals surface area contributed by atoms with Crippen LogP contribution < -0.4 is 20.1 Å². The van der Waals surface area contributed by atoms with E-state index in [1.54, 1.807) is 0 Å². The number of carbonyl (C=O) groups excluding carboxylic acids is 1. The molecule has 0 aliphatic heterocycles. The number of nitrogens with one attached hydrogen (secondary N) is 2. The van der Waals surface area contributed by atoms with Crippen LogP contribution in [0.3, 0.4) is 0 Å². The Hall–Kier alpha value is -3.16. The van der Waals surface area contributed by atoms with Crippen LogP contribution in [0.4, 0.5) is 34.5 Å². The number of urea groups is 1. The van der Waals surface area contributed by atoms with Crippen molar-refractivity contribution in [2.75, 3.05) is 24.9 Å². The van der Waals surface area contributed by atoms with Gasteiger partial charge in [0.05, 0.1) is 24.8 Å². The number of ether oxygens (including phenoxy) is 2. The molecule has 26 heavy (non-hydrogen) atoms. The number of alkyl halides is 3. The van der Waals surface area contributed by atoms with Crippen LogP contribution in [0, 0.1) is 10.1 Å². The van der Waals surface area contributed by atoms with Gasteiger partial charge in [0.1, 0.15) is 5.75 Å². The molecule has 0 aliphatic rings. The Bertz CT molecular complexity index is 841. The fourth-order valence-electron chi connectivity index (χ4n) is 1.76. The zero-order valence-electron chi connectivity index (χ0n) is 13.1. The monoisotopic (exact) mass is 393 g/mol. The number of nitrogens with zero attached hydrogens (tertiary/aromatic N) is 3. The van der Waals surface area contributed by atoms with Crippen LogP contribution in [-0.2, 0) is 6.18 Å². The number of halogens is 3. The zero-order chi connectivity index (χ0) is 19.5. The first kappa shape index (κ1) is 19.2. The quantitative estimate of drug-likeness (QED) is 0.590. The molecular weight excluding hydrogens is 383 g/mol. The standard InChI is InChI=1S/C12H10F3N5O5S/c1-24-7-4-8(25-2)6(20(22)23)3-5(7)16-10(21)17-11-19-18-9(26-11)12(13,14)15/h3-4H,1-2H3,(H2,16,17,19,21). The molecule has 0 atom stereocenters. The van der Waals surface area contributed by atoms with Gasteiger partial charge in [-0.05, 0) is 0 Å². The van der Waals surface area contributed by atoms with Crippen LogP contribution in [0.15, 0.2) is 12.1 Å². The molecule has 0 unspecified atom stereocenters. The van der Waals surface area contributed by atoms with Crippen molar-refractivity contribution in [2.24, 2.45) is 0 Å². The summed E-state index contributed by atoms with van der Waals surface area (Å²) >= 11 is 0.124. The molecule has 2 amide bonds. The van der Waals surface area contributed by atoms with E-state index in [1.807, 2.05) is 5.32 Å². The number of anilines is 2. The molecule has 10 nitrogen and oxygen atoms in total. The molecule has 0 spiro atoms. The maximum Gasteiger partial charge on any atom is 0.445 e. The van der Waals surface area contributed by atoms with Crippen molar-refractivity contribution in [3.63, 3.8) is 0 Å². The minimum absolute atomic E-state index is 0.0378. The van der Waals surface area contributed by atoms with E-state index < -0.39 is 33.0 Å². The first-order valence-electron chi connectivity index (χ1n) is 6.54. The summed E-state index contributed by atoms with van der Waals surface area (Å²) < 4.78 is 47.3. The van der Waals surface area contributed by atoms with Crippen molar-refractivity contribution in [1.29, 1.82) is 0 Å². The summed E-state index contributed by atoms with van der Waals surface area (Å²) in [7, 11) is 2.47. The van der Waals surface area contributed by atoms with E-state index >= 15 is 0 Å². The maximum absolute atomic E-state index is 12.5. The summed E-state index contributed by atoms with van der Waals surface area (Å²) in [4.78, 5) is 22.2. The number of carbonyl (C=O) groups is 1. The summed E-state index contributed by atoms with van der Waals surface area (Å²) in [5.41, 5.74) is -0.545. The van der Waals surface area contributed by atoms with E-state index in [9.17, 15) is 28.1 Å². The largest absolute Gasteiger partial charge is 0.494 e. The van der Waals surface area contributed by atoms with Gasteiger partial charge in [-0.1, -0.05) is 11.3 Å². The highest BCUT2D eigenvalue weighted by atomic mass is 32.1. The van der Waals surface area contributed by atoms with Gasteiger partial charge in [-0.25, -0.2) is 4.79 Å². The first-order valence-corrected chi connectivity index (χ1v) is 7.36. The molecule has 1 heterocycles. The molecule has 1 aromatic carbocycles. The van der Waals surface area contributed by atoms with E-state index in [4.69, 9.17) is 9.47 Å². The van der Waals surface area contributed by atoms with Gasteiger partial charge in [0.25, 0.3) is 0 Å².